The number of nitrogens with zero attached hydrogens (tertiary/aromatic N) is 3. The van der Waals surface area contributed by atoms with Gasteiger partial charge in [0, 0.05) is 36.3 Å². The van der Waals surface area contributed by atoms with Crippen LogP contribution in [0.25, 0.3) is 11.3 Å². The molecule has 33 heavy (non-hydrogen) atoms. The van der Waals surface area contributed by atoms with Crippen LogP contribution >= 0.6 is 23.4 Å². The molecule has 3 aromatic rings. The van der Waals surface area contributed by atoms with Crippen LogP contribution in [-0.2, 0) is 18.6 Å². The Morgan fingerprint density at radius 2 is 1.85 bits per heavy atom. The first-order valence-electron chi connectivity index (χ1n) is 11.1. The van der Waals surface area contributed by atoms with Crippen LogP contribution in [0.1, 0.15) is 24.0 Å². The second-order valence-electron chi connectivity index (χ2n) is 9.06. The van der Waals surface area contributed by atoms with Crippen LogP contribution in [0.2, 0.25) is 5.02 Å². The number of halogens is 4. The Balaban J connectivity index is 1.12. The summed E-state index contributed by atoms with van der Waals surface area (Å²) in [4.78, 5) is 7.04. The molecule has 8 heteroatoms. The standard InChI is InChI=1S/C25H25ClF3N3S/c1-31-22(17-3-9-21(26)10-4-17)14-30-23(31)33-12-2-11-32-15-20-13-24(20,16-32)18-5-7-19(8-6-18)25(27,28)29/h3-10,14,20H,2,11-13,15-16H2,1H3/t20-,24?/m0/s1. The minimum Gasteiger partial charge on any atom is -0.322 e. The fourth-order valence-corrected chi connectivity index (χ4v) is 6.06. The highest BCUT2D eigenvalue weighted by Gasteiger charge is 2.60. The topological polar surface area (TPSA) is 21.1 Å². The predicted octanol–water partition coefficient (Wildman–Crippen LogP) is 6.52. The van der Waals surface area contributed by atoms with Crippen LogP contribution in [0.15, 0.2) is 59.9 Å². The van der Waals surface area contributed by atoms with Gasteiger partial charge in [-0.2, -0.15) is 13.2 Å². The predicted molar refractivity (Wildman–Crippen MR) is 127 cm³/mol. The fourth-order valence-electron chi connectivity index (χ4n) is 5.06. The number of fused-ring (bicyclic) bond motifs is 1. The van der Waals surface area contributed by atoms with E-state index in [2.05, 4.69) is 14.5 Å². The number of piperidine rings is 1. The third kappa shape index (κ3) is 4.55. The van der Waals surface area contributed by atoms with Gasteiger partial charge in [-0.25, -0.2) is 4.98 Å². The molecule has 1 aromatic heterocycles. The lowest BCUT2D eigenvalue weighted by Crippen LogP contribution is -2.28. The quantitative estimate of drug-likeness (QED) is 0.277. The summed E-state index contributed by atoms with van der Waals surface area (Å²) in [6.45, 7) is 2.98. The highest BCUT2D eigenvalue weighted by Crippen LogP contribution is 2.59. The zero-order valence-corrected chi connectivity index (χ0v) is 19.9. The Morgan fingerprint density at radius 3 is 2.55 bits per heavy atom. The minimum atomic E-state index is -4.28. The lowest BCUT2D eigenvalue weighted by Gasteiger charge is -2.21. The van der Waals surface area contributed by atoms with Gasteiger partial charge in [-0.3, -0.25) is 0 Å². The van der Waals surface area contributed by atoms with E-state index >= 15 is 0 Å². The Hall–Kier alpha value is -1.96. The number of benzene rings is 2. The number of aromatic nitrogens is 2. The molecule has 5 rings (SSSR count). The van der Waals surface area contributed by atoms with Gasteiger partial charge in [-0.05, 0) is 60.7 Å². The van der Waals surface area contributed by atoms with E-state index in [0.29, 0.717) is 5.92 Å². The van der Waals surface area contributed by atoms with Crippen LogP contribution in [0, 0.1) is 5.92 Å². The van der Waals surface area contributed by atoms with Gasteiger partial charge in [0.05, 0.1) is 17.5 Å². The zero-order valence-electron chi connectivity index (χ0n) is 18.3. The van der Waals surface area contributed by atoms with E-state index in [9.17, 15) is 13.2 Å². The molecular formula is C25H25ClF3N3S. The summed E-state index contributed by atoms with van der Waals surface area (Å²) >= 11 is 7.74. The molecule has 2 aliphatic rings. The van der Waals surface area contributed by atoms with Crippen molar-refractivity contribution in [3.05, 3.63) is 70.9 Å². The highest BCUT2D eigenvalue weighted by atomic mass is 35.5. The van der Waals surface area contributed by atoms with E-state index in [-0.39, 0.29) is 5.41 Å². The van der Waals surface area contributed by atoms with Gasteiger partial charge < -0.3 is 9.47 Å². The molecule has 0 spiro atoms. The van der Waals surface area contributed by atoms with Gasteiger partial charge in [0.25, 0.3) is 0 Å². The maximum Gasteiger partial charge on any atom is 0.416 e. The number of hydrogen-bond acceptors (Lipinski definition) is 3. The van der Waals surface area contributed by atoms with E-state index in [1.54, 1.807) is 23.9 Å². The zero-order chi connectivity index (χ0) is 23.2. The van der Waals surface area contributed by atoms with Crippen molar-refractivity contribution in [2.45, 2.75) is 29.6 Å². The molecule has 2 aromatic carbocycles. The van der Waals surface area contributed by atoms with E-state index in [4.69, 9.17) is 11.6 Å². The van der Waals surface area contributed by atoms with Gasteiger partial charge in [0.15, 0.2) is 5.16 Å². The van der Waals surface area contributed by atoms with Crippen LogP contribution in [-0.4, -0.2) is 39.8 Å². The van der Waals surface area contributed by atoms with E-state index in [1.807, 2.05) is 37.5 Å². The molecule has 1 unspecified atom stereocenters. The molecule has 1 aliphatic carbocycles. The number of hydrogen-bond donors (Lipinski definition) is 0. The van der Waals surface area contributed by atoms with Crippen molar-refractivity contribution >= 4 is 23.4 Å². The Kier molecular flexibility index (Phi) is 6.00. The SMILES string of the molecule is Cn1c(-c2ccc(Cl)cc2)cnc1SCCCN1C[C@@H]2CC2(c2ccc(C(F)(F)F)cc2)C1. The van der Waals surface area contributed by atoms with Crippen LogP contribution in [0.5, 0.6) is 0 Å². The third-order valence-electron chi connectivity index (χ3n) is 6.94. The maximum absolute atomic E-state index is 12.9. The average molecular weight is 492 g/mol. The summed E-state index contributed by atoms with van der Waals surface area (Å²) in [5.41, 5.74) is 2.70. The Morgan fingerprint density at radius 1 is 1.12 bits per heavy atom. The molecule has 3 nitrogen and oxygen atoms in total. The highest BCUT2D eigenvalue weighted by molar-refractivity contribution is 7.99. The summed E-state index contributed by atoms with van der Waals surface area (Å²) in [6, 6.07) is 13.6. The molecule has 1 aliphatic heterocycles. The summed E-state index contributed by atoms with van der Waals surface area (Å²) < 4.78 is 40.7. The lowest BCUT2D eigenvalue weighted by atomic mass is 9.94. The number of thioether (sulfide) groups is 1. The van der Waals surface area contributed by atoms with Crippen molar-refractivity contribution in [3.63, 3.8) is 0 Å². The van der Waals surface area contributed by atoms with Crippen LogP contribution in [0.4, 0.5) is 13.2 Å². The second kappa shape index (κ2) is 8.67. The van der Waals surface area contributed by atoms with E-state index in [0.717, 1.165) is 65.2 Å². The summed E-state index contributed by atoms with van der Waals surface area (Å²) in [6.07, 6.45) is -0.247. The molecule has 2 heterocycles. The normalized spacial score (nSPS) is 22.5. The fraction of sp³-hybridized carbons (Fsp3) is 0.400. The number of imidazole rings is 1. The maximum atomic E-state index is 12.9. The molecule has 0 bridgehead atoms. The Labute approximate surface area is 201 Å². The van der Waals surface area contributed by atoms with Crippen molar-refractivity contribution in [2.24, 2.45) is 13.0 Å². The van der Waals surface area contributed by atoms with Gasteiger partial charge in [-0.1, -0.05) is 47.6 Å². The van der Waals surface area contributed by atoms with Gasteiger partial charge in [0.1, 0.15) is 0 Å². The molecule has 174 valence electrons. The minimum absolute atomic E-state index is 0.0599. The molecular weight excluding hydrogens is 467 g/mol. The molecule has 0 N–H and O–H groups in total. The monoisotopic (exact) mass is 491 g/mol. The van der Waals surface area contributed by atoms with Crippen LogP contribution in [0.3, 0.4) is 0 Å². The molecule has 0 radical (unpaired) electrons. The van der Waals surface area contributed by atoms with Crippen molar-refractivity contribution in [1.29, 1.82) is 0 Å². The van der Waals surface area contributed by atoms with E-state index < -0.39 is 11.7 Å². The second-order valence-corrected chi connectivity index (χ2v) is 10.6. The summed E-state index contributed by atoms with van der Waals surface area (Å²) in [5, 5.41) is 1.71. The lowest BCUT2D eigenvalue weighted by molar-refractivity contribution is -0.137. The number of rotatable bonds is 7. The summed E-state index contributed by atoms with van der Waals surface area (Å²) in [5.74, 6) is 1.54. The van der Waals surface area contributed by atoms with Crippen molar-refractivity contribution in [3.8, 4) is 11.3 Å². The molecule has 1 saturated heterocycles. The third-order valence-corrected chi connectivity index (χ3v) is 8.32. The molecule has 2 fully saturated rings. The van der Waals surface area contributed by atoms with E-state index in [1.165, 1.54) is 12.1 Å². The molecule has 0 amide bonds. The first kappa shape index (κ1) is 22.8. The average Bonchev–Trinajstić information content (AvgIpc) is 3.16. The largest absolute Gasteiger partial charge is 0.416 e. The Bertz CT molecular complexity index is 1130. The first-order valence-corrected chi connectivity index (χ1v) is 12.4. The number of alkyl halides is 3. The first-order chi connectivity index (χ1) is 15.8. The van der Waals surface area contributed by atoms with Crippen molar-refractivity contribution < 1.29 is 13.2 Å². The smallest absolute Gasteiger partial charge is 0.322 e. The van der Waals surface area contributed by atoms with Gasteiger partial charge in [-0.15, -0.1) is 0 Å². The van der Waals surface area contributed by atoms with Gasteiger partial charge >= 0.3 is 6.18 Å². The van der Waals surface area contributed by atoms with Crippen LogP contribution < -0.4 is 0 Å². The molecule has 1 saturated carbocycles. The number of likely N-dealkylation sites (tertiary alicyclic amines) is 1. The van der Waals surface area contributed by atoms with Gasteiger partial charge in [0.2, 0.25) is 0 Å². The molecule has 2 atom stereocenters. The van der Waals surface area contributed by atoms with Crippen molar-refractivity contribution in [1.82, 2.24) is 14.5 Å². The summed E-state index contributed by atoms with van der Waals surface area (Å²) in [7, 11) is 2.03. The van der Waals surface area contributed by atoms with Crippen molar-refractivity contribution in [2.75, 3.05) is 25.4 Å².